The standard InChI is InChI=1S/C21H24N2O3/c1-3-5-6-7-16-25-19-12-8-17(9-13-19)22-23-18-10-14-20(15-11-18)26-21(24)4-2/h4,8-15H,2-3,5-7,16H2,1H3. The van der Waals surface area contributed by atoms with Crippen molar-refractivity contribution >= 4 is 17.3 Å². The van der Waals surface area contributed by atoms with E-state index in [1.807, 2.05) is 24.3 Å². The lowest BCUT2D eigenvalue weighted by Crippen LogP contribution is -2.02. The third kappa shape index (κ3) is 6.89. The molecule has 0 aliphatic heterocycles. The maximum atomic E-state index is 11.1. The number of carbonyl (C=O) groups is 1. The van der Waals surface area contributed by atoms with E-state index < -0.39 is 5.97 Å². The molecular formula is C21H24N2O3. The van der Waals surface area contributed by atoms with Crippen molar-refractivity contribution in [2.45, 2.75) is 32.6 Å². The van der Waals surface area contributed by atoms with Crippen molar-refractivity contribution in [1.29, 1.82) is 0 Å². The third-order valence-electron chi connectivity index (χ3n) is 3.61. The molecule has 0 amide bonds. The van der Waals surface area contributed by atoms with Gasteiger partial charge in [-0.15, -0.1) is 0 Å². The quantitative estimate of drug-likeness (QED) is 0.169. The molecule has 0 heterocycles. The zero-order valence-electron chi connectivity index (χ0n) is 15.1. The summed E-state index contributed by atoms with van der Waals surface area (Å²) < 4.78 is 10.7. The summed E-state index contributed by atoms with van der Waals surface area (Å²) in [6.07, 6.45) is 5.87. The number of esters is 1. The van der Waals surface area contributed by atoms with E-state index in [-0.39, 0.29) is 0 Å². The van der Waals surface area contributed by atoms with Gasteiger partial charge >= 0.3 is 5.97 Å². The summed E-state index contributed by atoms with van der Waals surface area (Å²) in [4.78, 5) is 11.1. The van der Waals surface area contributed by atoms with Crippen molar-refractivity contribution in [3.05, 3.63) is 61.2 Å². The molecule has 0 saturated heterocycles. The first-order chi connectivity index (χ1) is 12.7. The van der Waals surface area contributed by atoms with Gasteiger partial charge in [0.2, 0.25) is 0 Å². The Morgan fingerprint density at radius 3 is 2.04 bits per heavy atom. The molecule has 0 unspecified atom stereocenters. The van der Waals surface area contributed by atoms with Crippen LogP contribution in [0.3, 0.4) is 0 Å². The molecule has 2 aromatic rings. The minimum atomic E-state index is -0.493. The van der Waals surface area contributed by atoms with E-state index in [0.717, 1.165) is 30.5 Å². The second kappa shape index (κ2) is 10.8. The molecule has 0 aliphatic carbocycles. The Labute approximate surface area is 154 Å². The van der Waals surface area contributed by atoms with Gasteiger partial charge in [-0.2, -0.15) is 10.2 Å². The molecule has 0 aromatic heterocycles. The van der Waals surface area contributed by atoms with Crippen LogP contribution in [0, 0.1) is 0 Å². The Kier molecular flexibility index (Phi) is 8.06. The molecule has 0 saturated carbocycles. The van der Waals surface area contributed by atoms with E-state index >= 15 is 0 Å². The lowest BCUT2D eigenvalue weighted by molar-refractivity contribution is -0.128. The predicted octanol–water partition coefficient (Wildman–Crippen LogP) is 6.15. The third-order valence-corrected chi connectivity index (χ3v) is 3.61. The number of rotatable bonds is 10. The van der Waals surface area contributed by atoms with Crippen molar-refractivity contribution in [1.82, 2.24) is 0 Å². The number of azo groups is 1. The SMILES string of the molecule is C=CC(=O)Oc1ccc(N=Nc2ccc(OCCCCCC)cc2)cc1. The Balaban J connectivity index is 1.84. The van der Waals surface area contributed by atoms with Crippen LogP contribution in [-0.2, 0) is 4.79 Å². The molecule has 136 valence electrons. The molecule has 2 aromatic carbocycles. The van der Waals surface area contributed by atoms with Crippen molar-refractivity contribution < 1.29 is 14.3 Å². The molecule has 0 radical (unpaired) electrons. The largest absolute Gasteiger partial charge is 0.494 e. The molecular weight excluding hydrogens is 328 g/mol. The van der Waals surface area contributed by atoms with Gasteiger partial charge in [0.25, 0.3) is 0 Å². The van der Waals surface area contributed by atoms with E-state index in [0.29, 0.717) is 11.4 Å². The zero-order chi connectivity index (χ0) is 18.6. The maximum absolute atomic E-state index is 11.1. The normalized spacial score (nSPS) is 10.7. The smallest absolute Gasteiger partial charge is 0.335 e. The van der Waals surface area contributed by atoms with E-state index in [1.165, 1.54) is 19.3 Å². The van der Waals surface area contributed by atoms with Gasteiger partial charge in [-0.3, -0.25) is 0 Å². The molecule has 0 N–H and O–H groups in total. The molecule has 5 nitrogen and oxygen atoms in total. The van der Waals surface area contributed by atoms with Crippen molar-refractivity contribution in [3.8, 4) is 11.5 Å². The molecule has 5 heteroatoms. The van der Waals surface area contributed by atoms with Gasteiger partial charge < -0.3 is 9.47 Å². The van der Waals surface area contributed by atoms with E-state index in [1.54, 1.807) is 24.3 Å². The van der Waals surface area contributed by atoms with Crippen LogP contribution in [0.1, 0.15) is 32.6 Å². The molecule has 0 spiro atoms. The summed E-state index contributed by atoms with van der Waals surface area (Å²) in [5.74, 6) is 0.787. The summed E-state index contributed by atoms with van der Waals surface area (Å²) in [5, 5.41) is 8.36. The summed E-state index contributed by atoms with van der Waals surface area (Å²) >= 11 is 0. The average Bonchev–Trinajstić information content (AvgIpc) is 2.68. The van der Waals surface area contributed by atoms with E-state index in [2.05, 4.69) is 23.7 Å². The van der Waals surface area contributed by atoms with Crippen LogP contribution in [0.2, 0.25) is 0 Å². The average molecular weight is 352 g/mol. The lowest BCUT2D eigenvalue weighted by atomic mass is 10.2. The summed E-state index contributed by atoms with van der Waals surface area (Å²) in [7, 11) is 0. The topological polar surface area (TPSA) is 60.2 Å². The second-order valence-corrected chi connectivity index (χ2v) is 5.72. The Morgan fingerprint density at radius 2 is 1.50 bits per heavy atom. The highest BCUT2D eigenvalue weighted by atomic mass is 16.5. The summed E-state index contributed by atoms with van der Waals surface area (Å²) in [6, 6.07) is 14.3. The van der Waals surface area contributed by atoms with Gasteiger partial charge in [-0.05, 0) is 55.0 Å². The van der Waals surface area contributed by atoms with Gasteiger partial charge in [-0.1, -0.05) is 32.8 Å². The zero-order valence-corrected chi connectivity index (χ0v) is 15.1. The van der Waals surface area contributed by atoms with Crippen LogP contribution < -0.4 is 9.47 Å². The molecule has 0 fully saturated rings. The number of benzene rings is 2. The Bertz CT molecular complexity index is 722. The number of ether oxygens (including phenoxy) is 2. The van der Waals surface area contributed by atoms with Gasteiger partial charge in [0.15, 0.2) is 0 Å². The first-order valence-corrected chi connectivity index (χ1v) is 8.80. The van der Waals surface area contributed by atoms with Crippen LogP contribution in [0.5, 0.6) is 11.5 Å². The van der Waals surface area contributed by atoms with Crippen LogP contribution in [-0.4, -0.2) is 12.6 Å². The maximum Gasteiger partial charge on any atom is 0.335 e. The van der Waals surface area contributed by atoms with Crippen LogP contribution in [0.4, 0.5) is 11.4 Å². The second-order valence-electron chi connectivity index (χ2n) is 5.72. The molecule has 26 heavy (non-hydrogen) atoms. The summed E-state index contributed by atoms with van der Waals surface area (Å²) in [6.45, 7) is 6.29. The minimum absolute atomic E-state index is 0.439. The Morgan fingerprint density at radius 1 is 0.923 bits per heavy atom. The van der Waals surface area contributed by atoms with Crippen molar-refractivity contribution in [2.24, 2.45) is 10.2 Å². The van der Waals surface area contributed by atoms with Crippen molar-refractivity contribution in [3.63, 3.8) is 0 Å². The van der Waals surface area contributed by atoms with Crippen LogP contribution >= 0.6 is 0 Å². The Hall–Kier alpha value is -2.95. The predicted molar refractivity (Wildman–Crippen MR) is 103 cm³/mol. The molecule has 0 bridgehead atoms. The number of unbranched alkanes of at least 4 members (excludes halogenated alkanes) is 3. The van der Waals surface area contributed by atoms with E-state index in [4.69, 9.17) is 9.47 Å². The summed E-state index contributed by atoms with van der Waals surface area (Å²) in [5.41, 5.74) is 1.41. The van der Waals surface area contributed by atoms with E-state index in [9.17, 15) is 4.79 Å². The monoisotopic (exact) mass is 352 g/mol. The highest BCUT2D eigenvalue weighted by Crippen LogP contribution is 2.23. The van der Waals surface area contributed by atoms with Gasteiger partial charge in [-0.25, -0.2) is 4.79 Å². The first-order valence-electron chi connectivity index (χ1n) is 8.80. The number of nitrogens with zero attached hydrogens (tertiary/aromatic N) is 2. The lowest BCUT2D eigenvalue weighted by Gasteiger charge is -2.05. The first kappa shape index (κ1) is 19.4. The minimum Gasteiger partial charge on any atom is -0.494 e. The number of hydrogen-bond acceptors (Lipinski definition) is 5. The number of hydrogen-bond donors (Lipinski definition) is 0. The highest BCUT2D eigenvalue weighted by molar-refractivity contribution is 5.83. The molecule has 0 aliphatic rings. The fourth-order valence-electron chi connectivity index (χ4n) is 2.18. The van der Waals surface area contributed by atoms with Gasteiger partial charge in [0.1, 0.15) is 11.5 Å². The van der Waals surface area contributed by atoms with Gasteiger partial charge in [0.05, 0.1) is 18.0 Å². The highest BCUT2D eigenvalue weighted by Gasteiger charge is 2.00. The van der Waals surface area contributed by atoms with Gasteiger partial charge in [0, 0.05) is 6.08 Å². The molecule has 0 atom stereocenters. The van der Waals surface area contributed by atoms with Crippen molar-refractivity contribution in [2.75, 3.05) is 6.61 Å². The van der Waals surface area contributed by atoms with Crippen LogP contribution in [0.15, 0.2) is 71.4 Å². The molecule has 2 rings (SSSR count). The number of carbonyl (C=O) groups excluding carboxylic acids is 1. The fraction of sp³-hybridized carbons (Fsp3) is 0.286. The van der Waals surface area contributed by atoms with Crippen LogP contribution in [0.25, 0.3) is 0 Å². The fourth-order valence-corrected chi connectivity index (χ4v) is 2.18.